The third-order valence-electron chi connectivity index (χ3n) is 1.62. The van der Waals surface area contributed by atoms with Crippen molar-refractivity contribution in [3.8, 4) is 0 Å². The minimum Gasteiger partial charge on any atom is -0.200 e. The van der Waals surface area contributed by atoms with Crippen LogP contribution >= 0.6 is 15.9 Å². The fourth-order valence-electron chi connectivity index (χ4n) is 0.683. The summed E-state index contributed by atoms with van der Waals surface area (Å²) in [5.41, 5.74) is 0. The molecule has 0 aliphatic carbocycles. The standard InChI is InChI=1S/C6H4BrF9/c7-2-1-3(8,9)4(10,11)5(12,13)6(14,15)16/h1-2H2. The Morgan fingerprint density at radius 3 is 1.31 bits per heavy atom. The number of hydrogen-bond donors (Lipinski definition) is 0. The predicted octanol–water partition coefficient (Wildman–Crippen LogP) is 4.24. The van der Waals surface area contributed by atoms with E-state index in [4.69, 9.17) is 0 Å². The molecule has 0 aromatic heterocycles. The summed E-state index contributed by atoms with van der Waals surface area (Å²) >= 11 is 2.26. The Morgan fingerprint density at radius 1 is 0.688 bits per heavy atom. The van der Waals surface area contributed by atoms with Crippen molar-refractivity contribution in [3.05, 3.63) is 0 Å². The van der Waals surface area contributed by atoms with Crippen LogP contribution in [-0.2, 0) is 0 Å². The van der Waals surface area contributed by atoms with Gasteiger partial charge >= 0.3 is 23.9 Å². The number of halogens is 10. The molecule has 0 aromatic carbocycles. The van der Waals surface area contributed by atoms with Gasteiger partial charge in [0.05, 0.1) is 0 Å². The van der Waals surface area contributed by atoms with Crippen molar-refractivity contribution in [2.45, 2.75) is 30.4 Å². The van der Waals surface area contributed by atoms with E-state index in [1.807, 2.05) is 0 Å². The average Bonchev–Trinajstić information content (AvgIpc) is 2.01. The van der Waals surface area contributed by atoms with Gasteiger partial charge in [0.2, 0.25) is 0 Å². The molecule has 0 aliphatic heterocycles. The van der Waals surface area contributed by atoms with Gasteiger partial charge in [-0.3, -0.25) is 0 Å². The van der Waals surface area contributed by atoms with Crippen molar-refractivity contribution in [2.75, 3.05) is 5.33 Å². The molecule has 0 aliphatic rings. The van der Waals surface area contributed by atoms with Crippen molar-refractivity contribution in [2.24, 2.45) is 0 Å². The van der Waals surface area contributed by atoms with Crippen LogP contribution in [0.4, 0.5) is 39.5 Å². The topological polar surface area (TPSA) is 0 Å². The van der Waals surface area contributed by atoms with Crippen molar-refractivity contribution < 1.29 is 39.5 Å². The Hall–Kier alpha value is -0.150. The predicted molar refractivity (Wildman–Crippen MR) is 39.3 cm³/mol. The molecule has 0 aromatic rings. The maximum absolute atomic E-state index is 12.5. The van der Waals surface area contributed by atoms with Crippen molar-refractivity contribution in [1.82, 2.24) is 0 Å². The van der Waals surface area contributed by atoms with E-state index in [0.717, 1.165) is 0 Å². The molecule has 0 nitrogen and oxygen atoms in total. The molecule has 0 atom stereocenters. The van der Waals surface area contributed by atoms with E-state index in [0.29, 0.717) is 0 Å². The molecule has 0 saturated carbocycles. The lowest BCUT2D eigenvalue weighted by atomic mass is 10.0. The highest BCUT2D eigenvalue weighted by Gasteiger charge is 2.81. The van der Waals surface area contributed by atoms with Gasteiger partial charge in [0.15, 0.2) is 0 Å². The molecule has 0 rings (SSSR count). The molecule has 16 heavy (non-hydrogen) atoms. The van der Waals surface area contributed by atoms with Crippen LogP contribution in [0.3, 0.4) is 0 Å². The minimum atomic E-state index is -6.79. The van der Waals surface area contributed by atoms with Gasteiger partial charge in [-0.25, -0.2) is 0 Å². The molecule has 0 saturated heterocycles. The van der Waals surface area contributed by atoms with Crippen LogP contribution in [-0.4, -0.2) is 29.3 Å². The molecule has 10 heteroatoms. The quantitative estimate of drug-likeness (QED) is 0.535. The normalized spacial score (nSPS) is 15.4. The molecule has 0 bridgehead atoms. The van der Waals surface area contributed by atoms with Gasteiger partial charge in [-0.15, -0.1) is 0 Å². The summed E-state index contributed by atoms with van der Waals surface area (Å²) in [6, 6.07) is 0. The molecule has 0 amide bonds. The molecule has 0 fully saturated rings. The smallest absolute Gasteiger partial charge is 0.200 e. The first-order valence-electron chi connectivity index (χ1n) is 3.57. The van der Waals surface area contributed by atoms with Gasteiger partial charge in [-0.05, 0) is 0 Å². The first-order chi connectivity index (χ1) is 6.81. The minimum absolute atomic E-state index is 0.844. The largest absolute Gasteiger partial charge is 0.460 e. The van der Waals surface area contributed by atoms with Gasteiger partial charge in [-0.1, -0.05) is 15.9 Å². The molecule has 0 spiro atoms. The van der Waals surface area contributed by atoms with Crippen molar-refractivity contribution >= 4 is 15.9 Å². The van der Waals surface area contributed by atoms with Gasteiger partial charge in [0.25, 0.3) is 0 Å². The lowest BCUT2D eigenvalue weighted by Crippen LogP contribution is -2.60. The van der Waals surface area contributed by atoms with Gasteiger partial charge in [-0.2, -0.15) is 39.5 Å². The molecular formula is C6H4BrF9. The second kappa shape index (κ2) is 4.26. The summed E-state index contributed by atoms with van der Waals surface area (Å²) in [5.74, 6) is -18.7. The van der Waals surface area contributed by atoms with Crippen LogP contribution in [0.2, 0.25) is 0 Å². The first-order valence-corrected chi connectivity index (χ1v) is 4.69. The van der Waals surface area contributed by atoms with Crippen molar-refractivity contribution in [1.29, 1.82) is 0 Å². The van der Waals surface area contributed by atoms with Crippen LogP contribution < -0.4 is 0 Å². The van der Waals surface area contributed by atoms with Crippen LogP contribution in [0.25, 0.3) is 0 Å². The second-order valence-electron chi connectivity index (χ2n) is 2.79. The van der Waals surface area contributed by atoms with E-state index in [2.05, 4.69) is 15.9 Å². The Kier molecular flexibility index (Phi) is 4.22. The van der Waals surface area contributed by atoms with E-state index in [1.54, 1.807) is 0 Å². The van der Waals surface area contributed by atoms with Crippen LogP contribution in [0.15, 0.2) is 0 Å². The third kappa shape index (κ3) is 2.40. The molecule has 0 unspecified atom stereocenters. The Balaban J connectivity index is 5.34. The fraction of sp³-hybridized carbons (Fsp3) is 1.00. The molecule has 98 valence electrons. The highest BCUT2D eigenvalue weighted by Crippen LogP contribution is 2.53. The number of hydrogen-bond acceptors (Lipinski definition) is 0. The zero-order valence-electron chi connectivity index (χ0n) is 7.19. The summed E-state index contributed by atoms with van der Waals surface area (Å²) in [4.78, 5) is 0. The van der Waals surface area contributed by atoms with E-state index in [-0.39, 0.29) is 0 Å². The molecule has 0 radical (unpaired) electrons. The Bertz CT molecular complexity index is 243. The number of alkyl halides is 10. The van der Waals surface area contributed by atoms with E-state index in [1.165, 1.54) is 0 Å². The van der Waals surface area contributed by atoms with Gasteiger partial charge in [0, 0.05) is 11.8 Å². The maximum Gasteiger partial charge on any atom is 0.460 e. The van der Waals surface area contributed by atoms with Crippen LogP contribution in [0.1, 0.15) is 6.42 Å². The van der Waals surface area contributed by atoms with E-state index < -0.39 is 35.7 Å². The summed E-state index contributed by atoms with van der Waals surface area (Å²) < 4.78 is 109. The zero-order chi connectivity index (χ0) is 13.4. The summed E-state index contributed by atoms with van der Waals surface area (Å²) in [7, 11) is 0. The highest BCUT2D eigenvalue weighted by molar-refractivity contribution is 9.09. The van der Waals surface area contributed by atoms with E-state index in [9.17, 15) is 39.5 Å². The second-order valence-corrected chi connectivity index (χ2v) is 3.58. The van der Waals surface area contributed by atoms with Gasteiger partial charge in [0.1, 0.15) is 0 Å². The van der Waals surface area contributed by atoms with Crippen LogP contribution in [0, 0.1) is 0 Å². The summed E-state index contributed by atoms with van der Waals surface area (Å²) in [5, 5.41) is -0.844. The Morgan fingerprint density at radius 2 is 1.06 bits per heavy atom. The molecule has 0 heterocycles. The maximum atomic E-state index is 12.5. The first kappa shape index (κ1) is 15.9. The SMILES string of the molecule is FC(F)(F)C(F)(F)C(F)(F)C(F)(F)CCBr. The van der Waals surface area contributed by atoms with Crippen LogP contribution in [0.5, 0.6) is 0 Å². The van der Waals surface area contributed by atoms with E-state index >= 15 is 0 Å². The molecule has 0 N–H and O–H groups in total. The number of rotatable bonds is 4. The third-order valence-corrected chi connectivity index (χ3v) is 2.01. The fourth-order valence-corrected chi connectivity index (χ4v) is 1.18. The monoisotopic (exact) mass is 326 g/mol. The summed E-state index contributed by atoms with van der Waals surface area (Å²) in [6.45, 7) is 0. The Labute approximate surface area is 91.9 Å². The van der Waals surface area contributed by atoms with Gasteiger partial charge < -0.3 is 0 Å². The lowest BCUT2D eigenvalue weighted by Gasteiger charge is -2.33. The lowest BCUT2D eigenvalue weighted by molar-refractivity contribution is -0.396. The zero-order valence-corrected chi connectivity index (χ0v) is 8.78. The average molecular weight is 327 g/mol. The summed E-state index contributed by atoms with van der Waals surface area (Å²) in [6.07, 6.45) is -8.59. The molecular weight excluding hydrogens is 323 g/mol. The highest BCUT2D eigenvalue weighted by atomic mass is 79.9. The van der Waals surface area contributed by atoms with Crippen molar-refractivity contribution in [3.63, 3.8) is 0 Å².